The Kier molecular flexibility index (Phi) is 3.36. The van der Waals surface area contributed by atoms with Gasteiger partial charge in [0.1, 0.15) is 0 Å². The molecule has 2 aliphatic rings. The number of aromatic nitrogens is 2. The maximum absolute atomic E-state index is 12.2. The molecule has 0 N–H and O–H groups in total. The molecule has 1 amide bonds. The fourth-order valence-corrected chi connectivity index (χ4v) is 3.25. The molecule has 0 aromatic carbocycles. The summed E-state index contributed by atoms with van der Waals surface area (Å²) in [6.45, 7) is 6.89. The van der Waals surface area contributed by atoms with Crippen LogP contribution < -0.4 is 4.90 Å². The number of nitrogens with zero attached hydrogens (tertiary/aromatic N) is 4. The summed E-state index contributed by atoms with van der Waals surface area (Å²) >= 11 is 0. The Balaban J connectivity index is 1.68. The van der Waals surface area contributed by atoms with E-state index in [4.69, 9.17) is 0 Å². The number of amides is 1. The largest absolute Gasteiger partial charge is 0.340 e. The van der Waals surface area contributed by atoms with Gasteiger partial charge in [-0.25, -0.2) is 9.97 Å². The molecule has 0 aliphatic carbocycles. The van der Waals surface area contributed by atoms with Gasteiger partial charge < -0.3 is 9.80 Å². The van der Waals surface area contributed by atoms with E-state index >= 15 is 0 Å². The predicted molar refractivity (Wildman–Crippen MR) is 77.4 cm³/mol. The Morgan fingerprint density at radius 3 is 2.60 bits per heavy atom. The van der Waals surface area contributed by atoms with Gasteiger partial charge in [-0.15, -0.1) is 0 Å². The number of likely N-dealkylation sites (tertiary alicyclic amines) is 1. The number of anilines is 1. The van der Waals surface area contributed by atoms with Crippen LogP contribution in [0, 0.1) is 5.92 Å². The van der Waals surface area contributed by atoms with Crippen molar-refractivity contribution in [3.8, 4) is 0 Å². The molecule has 1 aromatic heterocycles. The van der Waals surface area contributed by atoms with Crippen LogP contribution in [0.3, 0.4) is 0 Å². The number of carbonyl (C=O) groups excluding carboxylic acids is 1. The van der Waals surface area contributed by atoms with Crippen LogP contribution in [0.4, 0.5) is 5.95 Å². The highest BCUT2D eigenvalue weighted by atomic mass is 16.2. The van der Waals surface area contributed by atoms with E-state index in [9.17, 15) is 4.79 Å². The molecular weight excluding hydrogens is 252 g/mol. The van der Waals surface area contributed by atoms with E-state index in [0.29, 0.717) is 12.3 Å². The quantitative estimate of drug-likeness (QED) is 0.842. The van der Waals surface area contributed by atoms with Crippen LogP contribution in [0.5, 0.6) is 0 Å². The van der Waals surface area contributed by atoms with Crippen molar-refractivity contribution in [1.82, 2.24) is 14.9 Å². The molecule has 3 heterocycles. The molecular formula is C15H22N4O. The second-order valence-electron chi connectivity index (χ2n) is 6.34. The normalized spacial score (nSPS) is 25.4. The van der Waals surface area contributed by atoms with Gasteiger partial charge in [-0.1, -0.05) is 13.8 Å². The summed E-state index contributed by atoms with van der Waals surface area (Å²) in [6, 6.07) is 1.84. The Morgan fingerprint density at radius 1 is 1.30 bits per heavy atom. The molecule has 1 aromatic rings. The Labute approximate surface area is 120 Å². The van der Waals surface area contributed by atoms with Crippen molar-refractivity contribution in [3.63, 3.8) is 0 Å². The van der Waals surface area contributed by atoms with E-state index < -0.39 is 0 Å². The average Bonchev–Trinajstić information content (AvgIpc) is 2.85. The third kappa shape index (κ3) is 2.25. The smallest absolute Gasteiger partial charge is 0.225 e. The van der Waals surface area contributed by atoms with Gasteiger partial charge in [0.15, 0.2) is 0 Å². The van der Waals surface area contributed by atoms with E-state index in [0.717, 1.165) is 38.4 Å². The fourth-order valence-electron chi connectivity index (χ4n) is 3.25. The third-order valence-electron chi connectivity index (χ3n) is 4.43. The molecule has 0 saturated carbocycles. The maximum Gasteiger partial charge on any atom is 0.225 e. The molecule has 5 nitrogen and oxygen atoms in total. The highest BCUT2D eigenvalue weighted by Crippen LogP contribution is 2.41. The van der Waals surface area contributed by atoms with Gasteiger partial charge in [0.2, 0.25) is 11.9 Å². The van der Waals surface area contributed by atoms with E-state index in [-0.39, 0.29) is 11.4 Å². The van der Waals surface area contributed by atoms with Crippen molar-refractivity contribution < 1.29 is 4.79 Å². The molecule has 2 saturated heterocycles. The second kappa shape index (κ2) is 5.04. The Hall–Kier alpha value is -1.65. The number of rotatable bonds is 3. The van der Waals surface area contributed by atoms with Gasteiger partial charge in [0.05, 0.1) is 5.54 Å². The predicted octanol–water partition coefficient (Wildman–Crippen LogP) is 1.70. The van der Waals surface area contributed by atoms with Crippen molar-refractivity contribution >= 4 is 11.9 Å². The first-order valence-electron chi connectivity index (χ1n) is 7.43. The average molecular weight is 274 g/mol. The third-order valence-corrected chi connectivity index (χ3v) is 4.43. The van der Waals surface area contributed by atoms with Gasteiger partial charge in [-0.3, -0.25) is 4.79 Å². The number of hydrogen-bond acceptors (Lipinski definition) is 4. The second-order valence-corrected chi connectivity index (χ2v) is 6.34. The van der Waals surface area contributed by atoms with Gasteiger partial charge in [-0.05, 0) is 24.8 Å². The van der Waals surface area contributed by atoms with Crippen LogP contribution in [0.2, 0.25) is 0 Å². The van der Waals surface area contributed by atoms with Crippen molar-refractivity contribution in [2.24, 2.45) is 5.92 Å². The molecule has 20 heavy (non-hydrogen) atoms. The van der Waals surface area contributed by atoms with E-state index in [1.165, 1.54) is 0 Å². The molecule has 1 atom stereocenters. The monoisotopic (exact) mass is 274 g/mol. The minimum Gasteiger partial charge on any atom is -0.340 e. The molecule has 108 valence electrons. The zero-order valence-corrected chi connectivity index (χ0v) is 12.2. The maximum atomic E-state index is 12.2. The van der Waals surface area contributed by atoms with Crippen LogP contribution in [0.1, 0.15) is 33.1 Å². The lowest BCUT2D eigenvalue weighted by atomic mass is 9.84. The van der Waals surface area contributed by atoms with Crippen LogP contribution in [0.15, 0.2) is 18.5 Å². The van der Waals surface area contributed by atoms with E-state index in [1.807, 2.05) is 11.0 Å². The Morgan fingerprint density at radius 2 is 2.00 bits per heavy atom. The summed E-state index contributed by atoms with van der Waals surface area (Å²) in [6.07, 6.45) is 6.39. The van der Waals surface area contributed by atoms with Crippen molar-refractivity contribution in [1.29, 1.82) is 0 Å². The molecule has 0 radical (unpaired) electrons. The summed E-state index contributed by atoms with van der Waals surface area (Å²) in [5.74, 6) is 1.52. The first-order chi connectivity index (χ1) is 9.61. The minimum atomic E-state index is 0.0913. The zero-order chi connectivity index (χ0) is 14.2. The zero-order valence-electron chi connectivity index (χ0n) is 12.2. The lowest BCUT2D eigenvalue weighted by molar-refractivity contribution is -0.131. The minimum absolute atomic E-state index is 0.0913. The van der Waals surface area contributed by atoms with Crippen LogP contribution in [0.25, 0.3) is 0 Å². The molecule has 0 bridgehead atoms. The molecule has 2 fully saturated rings. The van der Waals surface area contributed by atoms with Gasteiger partial charge in [-0.2, -0.15) is 0 Å². The topological polar surface area (TPSA) is 49.3 Å². The summed E-state index contributed by atoms with van der Waals surface area (Å²) in [7, 11) is 0. The van der Waals surface area contributed by atoms with Crippen molar-refractivity contribution in [3.05, 3.63) is 18.5 Å². The number of carbonyl (C=O) groups is 1. The first-order valence-corrected chi connectivity index (χ1v) is 7.43. The summed E-state index contributed by atoms with van der Waals surface area (Å²) in [4.78, 5) is 25.2. The Bertz CT molecular complexity index is 490. The van der Waals surface area contributed by atoms with Crippen LogP contribution >= 0.6 is 0 Å². The fraction of sp³-hybridized carbons (Fsp3) is 0.667. The van der Waals surface area contributed by atoms with E-state index in [2.05, 4.69) is 28.7 Å². The van der Waals surface area contributed by atoms with Crippen molar-refractivity contribution in [2.75, 3.05) is 24.5 Å². The van der Waals surface area contributed by atoms with Gasteiger partial charge in [0.25, 0.3) is 0 Å². The molecule has 3 rings (SSSR count). The SMILES string of the molecule is CC(C)CC(=O)N1CCC2(CCN2c2ncccn2)C1. The molecule has 1 spiro atoms. The first kappa shape index (κ1) is 13.3. The molecule has 1 unspecified atom stereocenters. The van der Waals surface area contributed by atoms with Gasteiger partial charge >= 0.3 is 0 Å². The standard InChI is InChI=1S/C15H22N4O/c1-12(2)10-13(20)18-8-4-15(11-18)5-9-19(15)14-16-6-3-7-17-14/h3,6-7,12H,4-5,8-11H2,1-2H3. The number of hydrogen-bond donors (Lipinski definition) is 0. The molecule has 5 heteroatoms. The van der Waals surface area contributed by atoms with E-state index in [1.54, 1.807) is 12.4 Å². The summed E-state index contributed by atoms with van der Waals surface area (Å²) < 4.78 is 0. The highest BCUT2D eigenvalue weighted by Gasteiger charge is 2.51. The molecule has 2 aliphatic heterocycles. The van der Waals surface area contributed by atoms with Gasteiger partial charge in [0, 0.05) is 38.4 Å². The lowest BCUT2D eigenvalue weighted by Gasteiger charge is -2.50. The highest BCUT2D eigenvalue weighted by molar-refractivity contribution is 5.77. The summed E-state index contributed by atoms with van der Waals surface area (Å²) in [5.41, 5.74) is 0.0913. The summed E-state index contributed by atoms with van der Waals surface area (Å²) in [5, 5.41) is 0. The van der Waals surface area contributed by atoms with Crippen LogP contribution in [-0.2, 0) is 4.79 Å². The lowest BCUT2D eigenvalue weighted by Crippen LogP contribution is -2.62. The van der Waals surface area contributed by atoms with Crippen molar-refractivity contribution in [2.45, 2.75) is 38.6 Å². The van der Waals surface area contributed by atoms with Crippen LogP contribution in [-0.4, -0.2) is 45.9 Å².